The van der Waals surface area contributed by atoms with Crippen LogP contribution in [0.1, 0.15) is 16.8 Å². The van der Waals surface area contributed by atoms with Gasteiger partial charge in [-0.25, -0.2) is 0 Å². The molecule has 5 nitrogen and oxygen atoms in total. The van der Waals surface area contributed by atoms with Crippen molar-refractivity contribution in [2.75, 3.05) is 0 Å². The molecule has 0 aliphatic rings. The Labute approximate surface area is 157 Å². The molecule has 4 aromatic rings. The maximum absolute atomic E-state index is 9.04. The van der Waals surface area contributed by atoms with Crippen LogP contribution in [0, 0.1) is 18.3 Å². The van der Waals surface area contributed by atoms with E-state index in [9.17, 15) is 0 Å². The predicted octanol–water partition coefficient (Wildman–Crippen LogP) is 4.24. The number of hydrogen-bond donors (Lipinski definition) is 0. The normalized spacial score (nSPS) is 10.5. The molecule has 0 aliphatic carbocycles. The minimum absolute atomic E-state index is 0.623. The van der Waals surface area contributed by atoms with Crippen molar-refractivity contribution in [3.8, 4) is 28.6 Å². The van der Waals surface area contributed by atoms with Gasteiger partial charge >= 0.3 is 0 Å². The summed E-state index contributed by atoms with van der Waals surface area (Å²) in [6, 6.07) is 19.9. The van der Waals surface area contributed by atoms with Gasteiger partial charge in [-0.3, -0.25) is 14.6 Å². The molecule has 2 heterocycles. The molecule has 0 radical (unpaired) electrons. The molecule has 0 aliphatic heterocycles. The van der Waals surface area contributed by atoms with E-state index in [4.69, 9.17) is 5.26 Å². The van der Waals surface area contributed by atoms with E-state index in [1.54, 1.807) is 18.5 Å². The van der Waals surface area contributed by atoms with Gasteiger partial charge in [0.15, 0.2) is 0 Å². The van der Waals surface area contributed by atoms with Crippen LogP contribution >= 0.6 is 0 Å². The van der Waals surface area contributed by atoms with Crippen LogP contribution in [0.5, 0.6) is 0 Å². The third-order valence-corrected chi connectivity index (χ3v) is 4.35. The van der Waals surface area contributed by atoms with Crippen LogP contribution in [-0.2, 0) is 6.54 Å². The second-order valence-electron chi connectivity index (χ2n) is 6.28. The average molecular weight is 351 g/mol. The van der Waals surface area contributed by atoms with Gasteiger partial charge in [-0.1, -0.05) is 30.3 Å². The Hall–Kier alpha value is -3.78. The van der Waals surface area contributed by atoms with E-state index >= 15 is 0 Å². The lowest BCUT2D eigenvalue weighted by molar-refractivity contribution is 0.689. The molecule has 0 spiro atoms. The highest BCUT2D eigenvalue weighted by Crippen LogP contribution is 2.25. The van der Waals surface area contributed by atoms with Crippen molar-refractivity contribution in [3.05, 3.63) is 90.0 Å². The van der Waals surface area contributed by atoms with Crippen LogP contribution in [0.15, 0.2) is 73.2 Å². The lowest BCUT2D eigenvalue weighted by Gasteiger charge is -2.06. The molecular formula is C22H17N5. The van der Waals surface area contributed by atoms with Gasteiger partial charge in [0, 0.05) is 29.7 Å². The van der Waals surface area contributed by atoms with Gasteiger partial charge in [0.2, 0.25) is 0 Å². The van der Waals surface area contributed by atoms with Crippen molar-refractivity contribution >= 4 is 0 Å². The zero-order chi connectivity index (χ0) is 18.6. The molecule has 130 valence electrons. The minimum atomic E-state index is 0.623. The SMILES string of the molecule is Cc1nccnc1-c1cccc(-c2ccn(Cc3cccc(C#N)c3)n2)c1. The first kappa shape index (κ1) is 16.7. The average Bonchev–Trinajstić information content (AvgIpc) is 3.17. The maximum atomic E-state index is 9.04. The van der Waals surface area contributed by atoms with Gasteiger partial charge < -0.3 is 0 Å². The molecule has 0 N–H and O–H groups in total. The highest BCUT2D eigenvalue weighted by atomic mass is 15.3. The van der Waals surface area contributed by atoms with E-state index in [1.165, 1.54) is 0 Å². The molecular weight excluding hydrogens is 334 g/mol. The number of aromatic nitrogens is 4. The smallest absolute Gasteiger partial charge is 0.0991 e. The van der Waals surface area contributed by atoms with Crippen LogP contribution in [0.3, 0.4) is 0 Å². The lowest BCUT2D eigenvalue weighted by atomic mass is 10.0. The first-order valence-electron chi connectivity index (χ1n) is 8.64. The Morgan fingerprint density at radius 2 is 1.78 bits per heavy atom. The first-order valence-corrected chi connectivity index (χ1v) is 8.64. The fraction of sp³-hybridized carbons (Fsp3) is 0.0909. The largest absolute Gasteiger partial charge is 0.268 e. The van der Waals surface area contributed by atoms with Gasteiger partial charge in [0.05, 0.1) is 35.3 Å². The van der Waals surface area contributed by atoms with Crippen LogP contribution in [0.25, 0.3) is 22.5 Å². The fourth-order valence-electron chi connectivity index (χ4n) is 3.05. The van der Waals surface area contributed by atoms with E-state index < -0.39 is 0 Å². The van der Waals surface area contributed by atoms with Gasteiger partial charge in [0.25, 0.3) is 0 Å². The van der Waals surface area contributed by atoms with Crippen molar-refractivity contribution < 1.29 is 0 Å². The highest BCUT2D eigenvalue weighted by molar-refractivity contribution is 5.70. The summed E-state index contributed by atoms with van der Waals surface area (Å²) in [5, 5.41) is 13.7. The van der Waals surface area contributed by atoms with Crippen LogP contribution in [-0.4, -0.2) is 19.7 Å². The van der Waals surface area contributed by atoms with Gasteiger partial charge in [0.1, 0.15) is 0 Å². The van der Waals surface area contributed by atoms with Crippen molar-refractivity contribution in [1.29, 1.82) is 5.26 Å². The van der Waals surface area contributed by atoms with E-state index in [0.29, 0.717) is 12.1 Å². The van der Waals surface area contributed by atoms with Crippen molar-refractivity contribution in [2.24, 2.45) is 0 Å². The summed E-state index contributed by atoms with van der Waals surface area (Å²) in [6.07, 6.45) is 5.36. The lowest BCUT2D eigenvalue weighted by Crippen LogP contribution is -2.00. The summed E-state index contributed by atoms with van der Waals surface area (Å²) in [4.78, 5) is 8.76. The molecule has 0 unspecified atom stereocenters. The Morgan fingerprint density at radius 1 is 0.963 bits per heavy atom. The molecule has 0 atom stereocenters. The van der Waals surface area contributed by atoms with E-state index in [0.717, 1.165) is 33.8 Å². The fourth-order valence-corrected chi connectivity index (χ4v) is 3.05. The van der Waals surface area contributed by atoms with E-state index in [-0.39, 0.29) is 0 Å². The van der Waals surface area contributed by atoms with Gasteiger partial charge in [-0.2, -0.15) is 10.4 Å². The Balaban J connectivity index is 1.61. The number of nitrogens with zero attached hydrogens (tertiary/aromatic N) is 5. The Bertz CT molecular complexity index is 1140. The second-order valence-corrected chi connectivity index (χ2v) is 6.28. The van der Waals surface area contributed by atoms with Crippen molar-refractivity contribution in [3.63, 3.8) is 0 Å². The zero-order valence-electron chi connectivity index (χ0n) is 14.9. The summed E-state index contributed by atoms with van der Waals surface area (Å²) in [5.41, 5.74) is 6.44. The molecule has 0 amide bonds. The molecule has 27 heavy (non-hydrogen) atoms. The molecule has 0 saturated carbocycles. The van der Waals surface area contributed by atoms with Crippen LogP contribution < -0.4 is 0 Å². The zero-order valence-corrected chi connectivity index (χ0v) is 14.9. The number of benzene rings is 2. The molecule has 5 heteroatoms. The van der Waals surface area contributed by atoms with Crippen LogP contribution in [0.4, 0.5) is 0 Å². The van der Waals surface area contributed by atoms with Gasteiger partial charge in [-0.05, 0) is 36.8 Å². The Morgan fingerprint density at radius 3 is 2.63 bits per heavy atom. The number of hydrogen-bond acceptors (Lipinski definition) is 4. The summed E-state index contributed by atoms with van der Waals surface area (Å²) in [6.45, 7) is 2.58. The number of nitriles is 1. The maximum Gasteiger partial charge on any atom is 0.0991 e. The van der Waals surface area contributed by atoms with Crippen LogP contribution in [0.2, 0.25) is 0 Å². The molecule has 4 rings (SSSR count). The monoisotopic (exact) mass is 351 g/mol. The summed E-state index contributed by atoms with van der Waals surface area (Å²) in [7, 11) is 0. The number of rotatable bonds is 4. The Kier molecular flexibility index (Phi) is 4.46. The quantitative estimate of drug-likeness (QED) is 0.552. The van der Waals surface area contributed by atoms with E-state index in [2.05, 4.69) is 27.2 Å². The number of aryl methyl sites for hydroxylation is 1. The second kappa shape index (κ2) is 7.22. The summed E-state index contributed by atoms with van der Waals surface area (Å²) < 4.78 is 1.88. The van der Waals surface area contributed by atoms with Gasteiger partial charge in [-0.15, -0.1) is 0 Å². The molecule has 2 aromatic heterocycles. The first-order chi connectivity index (χ1) is 13.2. The minimum Gasteiger partial charge on any atom is -0.268 e. The van der Waals surface area contributed by atoms with Crippen molar-refractivity contribution in [1.82, 2.24) is 19.7 Å². The third-order valence-electron chi connectivity index (χ3n) is 4.35. The molecule has 2 aromatic carbocycles. The molecule has 0 fully saturated rings. The summed E-state index contributed by atoms with van der Waals surface area (Å²) in [5.74, 6) is 0. The molecule has 0 bridgehead atoms. The third kappa shape index (κ3) is 3.60. The molecule has 0 saturated heterocycles. The topological polar surface area (TPSA) is 67.4 Å². The highest BCUT2D eigenvalue weighted by Gasteiger charge is 2.08. The summed E-state index contributed by atoms with van der Waals surface area (Å²) >= 11 is 0. The standard InChI is InChI=1S/C22H17N5/c1-16-22(25-10-9-24-16)20-7-3-6-19(13-20)21-8-11-27(26-21)15-18-5-2-4-17(12-18)14-23/h2-13H,15H2,1H3. The van der Waals surface area contributed by atoms with E-state index in [1.807, 2.05) is 60.3 Å². The van der Waals surface area contributed by atoms with Crippen molar-refractivity contribution in [2.45, 2.75) is 13.5 Å². The predicted molar refractivity (Wildman–Crippen MR) is 104 cm³/mol.